The molecule has 0 aliphatic rings. The van der Waals surface area contributed by atoms with Crippen molar-refractivity contribution in [1.82, 2.24) is 0 Å². The topological polar surface area (TPSA) is 17.1 Å². The molecular weight excluding hydrogens is 312 g/mol. The highest BCUT2D eigenvalue weighted by atomic mass is 32.2. The Hall–Kier alpha value is -1.54. The molecule has 0 saturated heterocycles. The maximum absolute atomic E-state index is 12.4. The van der Waals surface area contributed by atoms with E-state index in [0.29, 0.717) is 0 Å². The maximum Gasteiger partial charge on any atom is 0.224 e. The van der Waals surface area contributed by atoms with E-state index in [9.17, 15) is 4.79 Å². The molecule has 0 spiro atoms. The lowest BCUT2D eigenvalue weighted by Crippen LogP contribution is -1.94. The molecule has 0 radical (unpaired) electrons. The Labute approximate surface area is 150 Å². The van der Waals surface area contributed by atoms with Crippen LogP contribution in [0.5, 0.6) is 0 Å². The summed E-state index contributed by atoms with van der Waals surface area (Å²) in [5, 5.41) is 0.121. The van der Waals surface area contributed by atoms with Gasteiger partial charge in [-0.05, 0) is 54.3 Å². The number of aryl methyl sites for hydroxylation is 2. The van der Waals surface area contributed by atoms with E-state index in [4.69, 9.17) is 0 Å². The molecule has 0 fully saturated rings. The summed E-state index contributed by atoms with van der Waals surface area (Å²) in [7, 11) is 0. The fourth-order valence-electron chi connectivity index (χ4n) is 2.74. The van der Waals surface area contributed by atoms with Gasteiger partial charge in [-0.3, -0.25) is 4.79 Å². The van der Waals surface area contributed by atoms with E-state index in [-0.39, 0.29) is 5.12 Å². The fraction of sp³-hybridized carbons (Fsp3) is 0.409. The number of hydrogen-bond acceptors (Lipinski definition) is 2. The molecule has 2 aromatic carbocycles. The highest BCUT2D eigenvalue weighted by molar-refractivity contribution is 8.14. The lowest BCUT2D eigenvalue weighted by Gasteiger charge is -2.05. The highest BCUT2D eigenvalue weighted by Crippen LogP contribution is 2.24. The fourth-order valence-corrected chi connectivity index (χ4v) is 3.48. The molecule has 0 unspecified atom stereocenters. The Morgan fingerprint density at radius 3 is 2.00 bits per heavy atom. The minimum absolute atomic E-state index is 0.121. The van der Waals surface area contributed by atoms with Crippen LogP contribution in [0.3, 0.4) is 0 Å². The van der Waals surface area contributed by atoms with E-state index >= 15 is 0 Å². The first-order chi connectivity index (χ1) is 11.7. The van der Waals surface area contributed by atoms with Crippen LogP contribution in [0.4, 0.5) is 0 Å². The third-order valence-corrected chi connectivity index (χ3v) is 5.11. The normalized spacial score (nSPS) is 10.8. The first-order valence-electron chi connectivity index (χ1n) is 9.13. The second-order valence-electron chi connectivity index (χ2n) is 6.29. The highest BCUT2D eigenvalue weighted by Gasteiger charge is 2.08. The molecule has 128 valence electrons. The van der Waals surface area contributed by atoms with Crippen molar-refractivity contribution in [2.45, 2.75) is 63.7 Å². The molecule has 2 heteroatoms. The van der Waals surface area contributed by atoms with Crippen molar-refractivity contribution in [1.29, 1.82) is 0 Å². The molecule has 0 heterocycles. The second-order valence-corrected chi connectivity index (χ2v) is 7.34. The van der Waals surface area contributed by atoms with Crippen LogP contribution in [0.2, 0.25) is 0 Å². The van der Waals surface area contributed by atoms with Gasteiger partial charge in [-0.15, -0.1) is 0 Å². The van der Waals surface area contributed by atoms with Gasteiger partial charge in [0.05, 0.1) is 0 Å². The van der Waals surface area contributed by atoms with Crippen LogP contribution in [0.1, 0.15) is 67.4 Å². The van der Waals surface area contributed by atoms with Crippen molar-refractivity contribution in [3.05, 3.63) is 65.2 Å². The quantitative estimate of drug-likeness (QED) is 0.373. The summed E-state index contributed by atoms with van der Waals surface area (Å²) in [5.74, 6) is 0. The van der Waals surface area contributed by atoms with Crippen molar-refractivity contribution in [2.75, 3.05) is 0 Å². The smallest absolute Gasteiger partial charge is 0.224 e. The Morgan fingerprint density at radius 2 is 1.38 bits per heavy atom. The zero-order valence-corrected chi connectivity index (χ0v) is 15.7. The van der Waals surface area contributed by atoms with Crippen LogP contribution >= 0.6 is 11.8 Å². The van der Waals surface area contributed by atoms with E-state index < -0.39 is 0 Å². The maximum atomic E-state index is 12.4. The largest absolute Gasteiger partial charge is 0.281 e. The molecular formula is C22H28OS. The number of carbonyl (C=O) groups excluding carboxylic acids is 1. The molecule has 0 atom stereocenters. The minimum atomic E-state index is 0.121. The molecule has 0 bridgehead atoms. The Balaban J connectivity index is 1.87. The van der Waals surface area contributed by atoms with Gasteiger partial charge in [0.2, 0.25) is 5.12 Å². The SMILES string of the molecule is CCCCCCc1ccc(C(=O)Sc2ccc(CCC)cc2)cc1. The van der Waals surface area contributed by atoms with Crippen molar-refractivity contribution < 1.29 is 4.79 Å². The van der Waals surface area contributed by atoms with Crippen LogP contribution in [-0.2, 0) is 12.8 Å². The van der Waals surface area contributed by atoms with E-state index in [1.165, 1.54) is 48.6 Å². The lowest BCUT2D eigenvalue weighted by molar-refractivity contribution is 0.108. The number of thioether (sulfide) groups is 1. The third-order valence-electron chi connectivity index (χ3n) is 4.18. The van der Waals surface area contributed by atoms with Gasteiger partial charge in [0, 0.05) is 10.5 Å². The minimum Gasteiger partial charge on any atom is -0.281 e. The van der Waals surface area contributed by atoms with Crippen LogP contribution in [-0.4, -0.2) is 5.12 Å². The second kappa shape index (κ2) is 10.4. The summed E-state index contributed by atoms with van der Waals surface area (Å²) < 4.78 is 0. The first-order valence-corrected chi connectivity index (χ1v) is 9.94. The predicted octanol–water partition coefficient (Wildman–Crippen LogP) is 6.69. The monoisotopic (exact) mass is 340 g/mol. The van der Waals surface area contributed by atoms with Crippen LogP contribution in [0.15, 0.2) is 53.4 Å². The molecule has 2 aromatic rings. The van der Waals surface area contributed by atoms with Crippen LogP contribution < -0.4 is 0 Å². The molecule has 0 aliphatic carbocycles. The van der Waals surface area contributed by atoms with Gasteiger partial charge in [0.1, 0.15) is 0 Å². The Bertz CT molecular complexity index is 613. The van der Waals surface area contributed by atoms with Gasteiger partial charge < -0.3 is 0 Å². The standard InChI is InChI=1S/C22H28OS/c1-3-5-6-7-9-19-10-14-20(15-11-19)22(23)24-21-16-12-18(8-4-2)13-17-21/h10-17H,3-9H2,1-2H3. The molecule has 0 saturated carbocycles. The van der Waals surface area contributed by atoms with Gasteiger partial charge in [-0.1, -0.05) is 75.9 Å². The van der Waals surface area contributed by atoms with Crippen molar-refractivity contribution >= 4 is 16.9 Å². The summed E-state index contributed by atoms with van der Waals surface area (Å²) in [6, 6.07) is 16.5. The Morgan fingerprint density at radius 1 is 0.750 bits per heavy atom. The van der Waals surface area contributed by atoms with Gasteiger partial charge >= 0.3 is 0 Å². The summed E-state index contributed by atoms with van der Waals surface area (Å²) in [6.45, 7) is 4.41. The summed E-state index contributed by atoms with van der Waals surface area (Å²) in [5.41, 5.74) is 3.45. The molecule has 0 amide bonds. The van der Waals surface area contributed by atoms with E-state index in [0.717, 1.165) is 29.7 Å². The molecule has 0 aliphatic heterocycles. The molecule has 24 heavy (non-hydrogen) atoms. The summed E-state index contributed by atoms with van der Waals surface area (Å²) >= 11 is 1.31. The predicted molar refractivity (Wildman–Crippen MR) is 105 cm³/mol. The van der Waals surface area contributed by atoms with E-state index in [1.54, 1.807) is 0 Å². The number of hydrogen-bond donors (Lipinski definition) is 0. The summed E-state index contributed by atoms with van der Waals surface area (Å²) in [4.78, 5) is 13.4. The van der Waals surface area contributed by atoms with Crippen molar-refractivity contribution in [2.24, 2.45) is 0 Å². The Kier molecular flexibility index (Phi) is 8.11. The number of unbranched alkanes of at least 4 members (excludes halogenated alkanes) is 3. The number of rotatable bonds is 9. The molecule has 2 rings (SSSR count). The van der Waals surface area contributed by atoms with Gasteiger partial charge in [-0.2, -0.15) is 0 Å². The average molecular weight is 341 g/mol. The van der Waals surface area contributed by atoms with E-state index in [2.05, 4.69) is 50.2 Å². The number of carbonyl (C=O) groups is 1. The van der Waals surface area contributed by atoms with Gasteiger partial charge in [0.15, 0.2) is 0 Å². The van der Waals surface area contributed by atoms with Crippen molar-refractivity contribution in [3.8, 4) is 0 Å². The number of benzene rings is 2. The first kappa shape index (κ1) is 18.8. The molecule has 0 aromatic heterocycles. The molecule has 0 N–H and O–H groups in total. The summed E-state index contributed by atoms with van der Waals surface area (Å²) in [6.07, 6.45) is 8.46. The van der Waals surface area contributed by atoms with E-state index in [1.807, 2.05) is 12.1 Å². The zero-order valence-electron chi connectivity index (χ0n) is 14.9. The van der Waals surface area contributed by atoms with Crippen LogP contribution in [0.25, 0.3) is 0 Å². The molecule has 1 nitrogen and oxygen atoms in total. The van der Waals surface area contributed by atoms with Gasteiger partial charge in [0.25, 0.3) is 0 Å². The average Bonchev–Trinajstić information content (AvgIpc) is 2.61. The third kappa shape index (κ3) is 6.16. The van der Waals surface area contributed by atoms with Crippen LogP contribution in [0, 0.1) is 0 Å². The zero-order chi connectivity index (χ0) is 17.2. The van der Waals surface area contributed by atoms with Crippen molar-refractivity contribution in [3.63, 3.8) is 0 Å². The lowest BCUT2D eigenvalue weighted by atomic mass is 10.1. The van der Waals surface area contributed by atoms with Gasteiger partial charge in [-0.25, -0.2) is 0 Å².